The van der Waals surface area contributed by atoms with Gasteiger partial charge in [-0.25, -0.2) is 9.97 Å². The molecule has 4 rings (SSSR count). The molecule has 0 aliphatic heterocycles. The van der Waals surface area contributed by atoms with Gasteiger partial charge in [-0.1, -0.05) is 6.07 Å². The van der Waals surface area contributed by atoms with Gasteiger partial charge in [0.25, 0.3) is 5.56 Å². The Hall–Kier alpha value is -3.09. The second-order valence-corrected chi connectivity index (χ2v) is 4.52. The van der Waals surface area contributed by atoms with Crippen LogP contribution in [0.3, 0.4) is 0 Å². The van der Waals surface area contributed by atoms with Crippen LogP contribution in [0.5, 0.6) is 0 Å². The summed E-state index contributed by atoms with van der Waals surface area (Å²) in [4.78, 5) is 23.6. The first kappa shape index (κ1) is 10.8. The number of benzene rings is 1. The van der Waals surface area contributed by atoms with Crippen molar-refractivity contribution in [1.29, 1.82) is 0 Å². The minimum Gasteiger partial charge on any atom is -0.384 e. The van der Waals surface area contributed by atoms with Crippen molar-refractivity contribution < 1.29 is 0 Å². The molecule has 0 aliphatic rings. The number of anilines is 1. The number of H-pyrrole nitrogens is 2. The van der Waals surface area contributed by atoms with Crippen molar-refractivity contribution in [2.75, 3.05) is 5.73 Å². The maximum absolute atomic E-state index is 12.0. The van der Waals surface area contributed by atoms with Crippen LogP contribution in [0.2, 0.25) is 0 Å². The van der Waals surface area contributed by atoms with Crippen LogP contribution >= 0.6 is 0 Å². The molecule has 4 aromatic rings. The Labute approximate surface area is 112 Å². The lowest BCUT2D eigenvalue weighted by Crippen LogP contribution is -2.14. The van der Waals surface area contributed by atoms with Gasteiger partial charge >= 0.3 is 0 Å². The third-order valence-corrected chi connectivity index (χ3v) is 3.19. The van der Waals surface area contributed by atoms with E-state index < -0.39 is 0 Å². The van der Waals surface area contributed by atoms with Gasteiger partial charge in [0.05, 0.1) is 23.1 Å². The van der Waals surface area contributed by atoms with Crippen LogP contribution in [-0.2, 0) is 0 Å². The van der Waals surface area contributed by atoms with E-state index >= 15 is 0 Å². The zero-order chi connectivity index (χ0) is 13.7. The van der Waals surface area contributed by atoms with Gasteiger partial charge in [0.2, 0.25) is 0 Å². The summed E-state index contributed by atoms with van der Waals surface area (Å²) in [5.74, 6) is 0.399. The molecular weight excluding hydrogens is 256 g/mol. The first-order valence-electron chi connectivity index (χ1n) is 6.02. The number of aromatic amines is 2. The molecule has 0 saturated heterocycles. The van der Waals surface area contributed by atoms with Crippen LogP contribution in [0.1, 0.15) is 0 Å². The van der Waals surface area contributed by atoms with Crippen molar-refractivity contribution in [1.82, 2.24) is 24.6 Å². The number of hydrogen-bond acceptors (Lipinski definition) is 4. The second-order valence-electron chi connectivity index (χ2n) is 4.52. The largest absolute Gasteiger partial charge is 0.384 e. The molecule has 20 heavy (non-hydrogen) atoms. The van der Waals surface area contributed by atoms with Crippen molar-refractivity contribution in [2.45, 2.75) is 0 Å². The minimum atomic E-state index is -0.202. The first-order valence-corrected chi connectivity index (χ1v) is 6.02. The van der Waals surface area contributed by atoms with E-state index in [1.54, 1.807) is 12.4 Å². The minimum absolute atomic E-state index is 0.202. The summed E-state index contributed by atoms with van der Waals surface area (Å²) in [5.41, 5.74) is 9.16. The molecule has 3 heterocycles. The topological polar surface area (TPSA) is 105 Å². The Balaban J connectivity index is 1.98. The van der Waals surface area contributed by atoms with E-state index in [1.807, 2.05) is 18.2 Å². The summed E-state index contributed by atoms with van der Waals surface area (Å²) in [6.07, 6.45) is 1.63. The molecule has 0 amide bonds. The SMILES string of the molecule is Nc1cc2nc(-c3ccc4nc[nH]c4c3)cc(=O)n2[nH]1. The molecule has 98 valence electrons. The van der Waals surface area contributed by atoms with Gasteiger partial charge in [0, 0.05) is 17.7 Å². The molecule has 0 atom stereocenters. The number of aromatic nitrogens is 5. The highest BCUT2D eigenvalue weighted by atomic mass is 16.1. The highest BCUT2D eigenvalue weighted by Gasteiger charge is 2.08. The van der Waals surface area contributed by atoms with Crippen LogP contribution < -0.4 is 11.3 Å². The monoisotopic (exact) mass is 266 g/mol. The molecule has 1 aromatic carbocycles. The molecule has 0 spiro atoms. The summed E-state index contributed by atoms with van der Waals surface area (Å²) < 4.78 is 1.31. The highest BCUT2D eigenvalue weighted by Crippen LogP contribution is 2.20. The average molecular weight is 266 g/mol. The molecule has 0 unspecified atom stereocenters. The van der Waals surface area contributed by atoms with Gasteiger partial charge in [0.1, 0.15) is 5.82 Å². The van der Waals surface area contributed by atoms with E-state index in [2.05, 4.69) is 20.1 Å². The normalized spacial score (nSPS) is 11.4. The van der Waals surface area contributed by atoms with E-state index in [0.29, 0.717) is 17.2 Å². The van der Waals surface area contributed by atoms with Gasteiger partial charge in [-0.05, 0) is 12.1 Å². The standard InChI is InChI=1S/C13H10N6O/c14-11-5-12-17-9(4-13(20)19(12)18-11)7-1-2-8-10(3-7)16-6-15-8/h1-6,18H,14H2,(H,15,16). The first-order chi connectivity index (χ1) is 9.70. The maximum Gasteiger partial charge on any atom is 0.273 e. The Morgan fingerprint density at radius 3 is 3.00 bits per heavy atom. The summed E-state index contributed by atoms with van der Waals surface area (Å²) >= 11 is 0. The molecular formula is C13H10N6O. The highest BCUT2D eigenvalue weighted by molar-refractivity contribution is 5.80. The fraction of sp³-hybridized carbons (Fsp3) is 0. The number of hydrogen-bond donors (Lipinski definition) is 3. The third kappa shape index (κ3) is 1.50. The number of nitrogens with one attached hydrogen (secondary N) is 2. The Morgan fingerprint density at radius 1 is 1.20 bits per heavy atom. The Morgan fingerprint density at radius 2 is 2.10 bits per heavy atom. The molecule has 0 aliphatic carbocycles. The van der Waals surface area contributed by atoms with E-state index in [0.717, 1.165) is 16.6 Å². The predicted octanol–water partition coefficient (Wildman–Crippen LogP) is 1.15. The lowest BCUT2D eigenvalue weighted by atomic mass is 10.1. The fourth-order valence-corrected chi connectivity index (χ4v) is 2.25. The lowest BCUT2D eigenvalue weighted by Gasteiger charge is -2.01. The fourth-order valence-electron chi connectivity index (χ4n) is 2.25. The zero-order valence-electron chi connectivity index (χ0n) is 10.3. The average Bonchev–Trinajstić information content (AvgIpc) is 3.03. The summed E-state index contributed by atoms with van der Waals surface area (Å²) in [5, 5.41) is 2.73. The van der Waals surface area contributed by atoms with E-state index in [1.165, 1.54) is 10.6 Å². The summed E-state index contributed by atoms with van der Waals surface area (Å²) in [6, 6.07) is 8.78. The van der Waals surface area contributed by atoms with Gasteiger partial charge < -0.3 is 10.7 Å². The van der Waals surface area contributed by atoms with E-state index in [4.69, 9.17) is 5.73 Å². The Kier molecular flexibility index (Phi) is 2.00. The van der Waals surface area contributed by atoms with E-state index in [-0.39, 0.29) is 5.56 Å². The van der Waals surface area contributed by atoms with Crippen molar-refractivity contribution in [2.24, 2.45) is 0 Å². The molecule has 4 N–H and O–H groups in total. The van der Waals surface area contributed by atoms with Crippen LogP contribution in [0.15, 0.2) is 41.5 Å². The number of nitrogens with zero attached hydrogens (tertiary/aromatic N) is 3. The van der Waals surface area contributed by atoms with E-state index in [9.17, 15) is 4.79 Å². The van der Waals surface area contributed by atoms with Crippen molar-refractivity contribution >= 4 is 22.5 Å². The van der Waals surface area contributed by atoms with Gasteiger partial charge in [-0.15, -0.1) is 0 Å². The predicted molar refractivity (Wildman–Crippen MR) is 75.3 cm³/mol. The van der Waals surface area contributed by atoms with Crippen molar-refractivity contribution in [3.05, 3.63) is 47.0 Å². The molecule has 0 radical (unpaired) electrons. The second kappa shape index (κ2) is 3.70. The number of nitrogens with two attached hydrogens (primary N) is 1. The summed E-state index contributed by atoms with van der Waals surface area (Å²) in [7, 11) is 0. The number of imidazole rings is 1. The molecule has 7 nitrogen and oxygen atoms in total. The van der Waals surface area contributed by atoms with Crippen LogP contribution in [0.4, 0.5) is 5.82 Å². The van der Waals surface area contributed by atoms with Gasteiger partial charge in [-0.2, -0.15) is 4.52 Å². The van der Waals surface area contributed by atoms with Crippen molar-refractivity contribution in [3.63, 3.8) is 0 Å². The molecule has 0 fully saturated rings. The zero-order valence-corrected chi connectivity index (χ0v) is 10.3. The molecule has 0 saturated carbocycles. The van der Waals surface area contributed by atoms with Gasteiger partial charge in [0.15, 0.2) is 5.65 Å². The van der Waals surface area contributed by atoms with Crippen molar-refractivity contribution in [3.8, 4) is 11.3 Å². The number of nitrogen functional groups attached to an aromatic ring is 1. The van der Waals surface area contributed by atoms with Crippen LogP contribution in [0.25, 0.3) is 27.9 Å². The quantitative estimate of drug-likeness (QED) is 0.480. The molecule has 3 aromatic heterocycles. The molecule has 0 bridgehead atoms. The number of fused-ring (bicyclic) bond motifs is 2. The van der Waals surface area contributed by atoms with Crippen LogP contribution in [-0.4, -0.2) is 24.6 Å². The molecule has 7 heteroatoms. The lowest BCUT2D eigenvalue weighted by molar-refractivity contribution is 0.906. The maximum atomic E-state index is 12.0. The summed E-state index contributed by atoms with van der Waals surface area (Å²) in [6.45, 7) is 0. The number of rotatable bonds is 1. The van der Waals surface area contributed by atoms with Crippen LogP contribution in [0, 0.1) is 0 Å². The Bertz CT molecular complexity index is 993. The smallest absolute Gasteiger partial charge is 0.273 e. The van der Waals surface area contributed by atoms with Gasteiger partial charge in [-0.3, -0.25) is 9.89 Å². The third-order valence-electron chi connectivity index (χ3n) is 3.19.